The molecule has 0 aliphatic carbocycles. The third-order valence-corrected chi connectivity index (χ3v) is 7.34. The normalized spacial score (nSPS) is 19.0. The van der Waals surface area contributed by atoms with Crippen LogP contribution in [0.4, 0.5) is 0 Å². The maximum atomic E-state index is 13.6. The highest BCUT2D eigenvalue weighted by Crippen LogP contribution is 2.20. The average molecular weight is 631 g/mol. The van der Waals surface area contributed by atoms with Gasteiger partial charge in [-0.1, -0.05) is 56.3 Å². The molecular weight excluding hydrogens is 588 g/mol. The highest BCUT2D eigenvalue weighted by atomic mass is 16.5. The van der Waals surface area contributed by atoms with Crippen LogP contribution in [-0.2, 0) is 20.8 Å². The molecule has 3 aromatic rings. The number of carbonyl (C=O) groups excluding carboxylic acids is 4. The number of carbonyl (C=O) groups is 4. The van der Waals surface area contributed by atoms with Gasteiger partial charge >= 0.3 is 0 Å². The SMILES string of the molecule is COc1ccc(OCCNC(=O)[C@@H]2CC(=O)N[C@@H](CC(C)C)C(=O)N[C@H](Cc3ccccc3)COc3ccccc3C(=O)N2)cc1. The van der Waals surface area contributed by atoms with E-state index in [9.17, 15) is 19.2 Å². The summed E-state index contributed by atoms with van der Waals surface area (Å²) in [6.07, 6.45) is 0.480. The van der Waals surface area contributed by atoms with Gasteiger partial charge in [-0.3, -0.25) is 19.2 Å². The highest BCUT2D eigenvalue weighted by Gasteiger charge is 2.30. The van der Waals surface area contributed by atoms with Gasteiger partial charge in [-0.15, -0.1) is 0 Å². The van der Waals surface area contributed by atoms with Crippen LogP contribution in [0.15, 0.2) is 78.9 Å². The van der Waals surface area contributed by atoms with Crippen LogP contribution in [-0.4, -0.2) is 68.6 Å². The van der Waals surface area contributed by atoms with Gasteiger partial charge in [0, 0.05) is 0 Å². The number of para-hydroxylation sites is 1. The van der Waals surface area contributed by atoms with E-state index in [4.69, 9.17) is 14.2 Å². The van der Waals surface area contributed by atoms with Gasteiger partial charge in [-0.25, -0.2) is 0 Å². The summed E-state index contributed by atoms with van der Waals surface area (Å²) >= 11 is 0. The number of hydrogen-bond donors (Lipinski definition) is 4. The van der Waals surface area contributed by atoms with E-state index in [1.807, 2.05) is 44.2 Å². The number of amides is 4. The summed E-state index contributed by atoms with van der Waals surface area (Å²) < 4.78 is 16.9. The standard InChI is InChI=1S/C35H42N4O7/c1-23(2)19-29-35(43)37-25(20-24-9-5-4-6-10-24)22-46-31-12-8-7-11-28(31)33(41)39-30(21-32(40)38-29)34(42)36-17-18-45-27-15-13-26(44-3)14-16-27/h4-16,23,25,29-30H,17-22H2,1-3H3,(H,36,42)(H,37,43)(H,38,40)(H,39,41)/t25-,29+,30+/m1/s1. The summed E-state index contributed by atoms with van der Waals surface area (Å²) in [5, 5.41) is 11.3. The Morgan fingerprint density at radius 1 is 0.913 bits per heavy atom. The zero-order chi connectivity index (χ0) is 32.9. The van der Waals surface area contributed by atoms with Crippen molar-refractivity contribution < 1.29 is 33.4 Å². The Morgan fingerprint density at radius 3 is 2.33 bits per heavy atom. The molecule has 0 unspecified atom stereocenters. The van der Waals surface area contributed by atoms with Crippen LogP contribution in [0.2, 0.25) is 0 Å². The van der Waals surface area contributed by atoms with Crippen molar-refractivity contribution >= 4 is 23.6 Å². The van der Waals surface area contributed by atoms with Crippen molar-refractivity contribution in [1.29, 1.82) is 0 Å². The molecule has 4 N–H and O–H groups in total. The van der Waals surface area contributed by atoms with E-state index >= 15 is 0 Å². The van der Waals surface area contributed by atoms with Crippen LogP contribution in [0, 0.1) is 5.92 Å². The molecule has 11 heteroatoms. The van der Waals surface area contributed by atoms with E-state index in [2.05, 4.69) is 21.3 Å². The maximum absolute atomic E-state index is 13.6. The summed E-state index contributed by atoms with van der Waals surface area (Å²) in [6, 6.07) is 20.8. The van der Waals surface area contributed by atoms with Gasteiger partial charge in [0.1, 0.15) is 42.5 Å². The molecule has 3 aromatic carbocycles. The molecule has 0 fully saturated rings. The molecule has 0 saturated heterocycles. The minimum Gasteiger partial charge on any atom is -0.497 e. The molecule has 11 nitrogen and oxygen atoms in total. The van der Waals surface area contributed by atoms with Crippen LogP contribution in [0.1, 0.15) is 42.6 Å². The van der Waals surface area contributed by atoms with Crippen molar-refractivity contribution in [3.05, 3.63) is 90.0 Å². The monoisotopic (exact) mass is 630 g/mol. The Kier molecular flexibility index (Phi) is 12.4. The second-order valence-electron chi connectivity index (χ2n) is 11.5. The number of methoxy groups -OCH3 is 1. The molecule has 0 saturated carbocycles. The lowest BCUT2D eigenvalue weighted by Gasteiger charge is -2.27. The lowest BCUT2D eigenvalue weighted by Crippen LogP contribution is -2.54. The Labute approximate surface area is 269 Å². The van der Waals surface area contributed by atoms with Crippen molar-refractivity contribution in [3.63, 3.8) is 0 Å². The second kappa shape index (κ2) is 16.9. The third kappa shape index (κ3) is 10.3. The van der Waals surface area contributed by atoms with Crippen molar-refractivity contribution in [2.45, 2.75) is 51.2 Å². The van der Waals surface area contributed by atoms with E-state index in [-0.39, 0.29) is 43.6 Å². The van der Waals surface area contributed by atoms with Gasteiger partial charge in [0.25, 0.3) is 5.91 Å². The zero-order valence-corrected chi connectivity index (χ0v) is 26.4. The number of ether oxygens (including phenoxy) is 3. The molecule has 4 amide bonds. The van der Waals surface area contributed by atoms with Crippen LogP contribution in [0.5, 0.6) is 17.2 Å². The Balaban J connectivity index is 1.52. The summed E-state index contributed by atoms with van der Waals surface area (Å²) in [4.78, 5) is 53.6. The van der Waals surface area contributed by atoms with Crippen LogP contribution in [0.25, 0.3) is 0 Å². The van der Waals surface area contributed by atoms with Gasteiger partial charge in [-0.2, -0.15) is 0 Å². The number of fused-ring (bicyclic) bond motifs is 1. The van der Waals surface area contributed by atoms with Crippen LogP contribution >= 0.6 is 0 Å². The quantitative estimate of drug-likeness (QED) is 0.252. The van der Waals surface area contributed by atoms with Crippen LogP contribution < -0.4 is 35.5 Å². The van der Waals surface area contributed by atoms with E-state index in [1.54, 1.807) is 55.6 Å². The molecule has 4 rings (SSSR count). The predicted molar refractivity (Wildman–Crippen MR) is 173 cm³/mol. The number of nitrogens with one attached hydrogen (secondary N) is 4. The van der Waals surface area contributed by atoms with Crippen molar-refractivity contribution in [1.82, 2.24) is 21.3 Å². The zero-order valence-electron chi connectivity index (χ0n) is 26.4. The second-order valence-corrected chi connectivity index (χ2v) is 11.5. The van der Waals surface area contributed by atoms with Crippen molar-refractivity contribution in [2.24, 2.45) is 5.92 Å². The molecule has 1 heterocycles. The molecule has 1 aliphatic heterocycles. The Bertz CT molecular complexity index is 1460. The fraction of sp³-hybridized carbons (Fsp3) is 0.371. The average Bonchev–Trinajstić information content (AvgIpc) is 3.05. The third-order valence-electron chi connectivity index (χ3n) is 7.34. The minimum absolute atomic E-state index is 0.0748. The van der Waals surface area contributed by atoms with E-state index < -0.39 is 35.8 Å². The van der Waals surface area contributed by atoms with E-state index in [0.29, 0.717) is 30.1 Å². The number of benzene rings is 3. The molecule has 3 atom stereocenters. The van der Waals surface area contributed by atoms with Gasteiger partial charge in [-0.05, 0) is 60.7 Å². The number of rotatable bonds is 10. The lowest BCUT2D eigenvalue weighted by atomic mass is 10.0. The molecule has 0 bridgehead atoms. The van der Waals surface area contributed by atoms with Gasteiger partial charge in [0.2, 0.25) is 17.7 Å². The fourth-order valence-electron chi connectivity index (χ4n) is 5.05. The maximum Gasteiger partial charge on any atom is 0.255 e. The van der Waals surface area contributed by atoms with Gasteiger partial charge in [0.05, 0.1) is 31.7 Å². The van der Waals surface area contributed by atoms with E-state index in [0.717, 1.165) is 5.56 Å². The molecular formula is C35H42N4O7. The summed E-state index contributed by atoms with van der Waals surface area (Å²) in [6.45, 7) is 4.26. The first-order chi connectivity index (χ1) is 22.2. The summed E-state index contributed by atoms with van der Waals surface area (Å²) in [5.74, 6) is -0.365. The Morgan fingerprint density at radius 2 is 1.61 bits per heavy atom. The summed E-state index contributed by atoms with van der Waals surface area (Å²) in [7, 11) is 1.57. The number of hydrogen-bond acceptors (Lipinski definition) is 7. The predicted octanol–water partition coefficient (Wildman–Crippen LogP) is 3.03. The molecule has 0 radical (unpaired) electrons. The Hall–Kier alpha value is -5.06. The van der Waals surface area contributed by atoms with Gasteiger partial charge < -0.3 is 35.5 Å². The summed E-state index contributed by atoms with van der Waals surface area (Å²) in [5.41, 5.74) is 1.19. The first-order valence-electron chi connectivity index (χ1n) is 15.4. The first kappa shape index (κ1) is 33.8. The largest absolute Gasteiger partial charge is 0.497 e. The van der Waals surface area contributed by atoms with Crippen molar-refractivity contribution in [3.8, 4) is 17.2 Å². The molecule has 1 aliphatic rings. The van der Waals surface area contributed by atoms with Gasteiger partial charge in [0.15, 0.2) is 0 Å². The molecule has 244 valence electrons. The van der Waals surface area contributed by atoms with E-state index in [1.165, 1.54) is 0 Å². The molecule has 46 heavy (non-hydrogen) atoms. The molecule has 0 aromatic heterocycles. The minimum atomic E-state index is -1.22. The fourth-order valence-corrected chi connectivity index (χ4v) is 5.05. The highest BCUT2D eigenvalue weighted by molar-refractivity contribution is 6.01. The topological polar surface area (TPSA) is 144 Å². The molecule has 0 spiro atoms. The smallest absolute Gasteiger partial charge is 0.255 e. The van der Waals surface area contributed by atoms with Crippen LogP contribution in [0.3, 0.4) is 0 Å². The van der Waals surface area contributed by atoms with Crippen molar-refractivity contribution in [2.75, 3.05) is 26.9 Å². The first-order valence-corrected chi connectivity index (χ1v) is 15.4. The lowest BCUT2D eigenvalue weighted by molar-refractivity contribution is -0.131.